The number of hydrogen-bond acceptors (Lipinski definition) is 6. The van der Waals surface area contributed by atoms with E-state index < -0.39 is 6.10 Å². The van der Waals surface area contributed by atoms with Crippen LogP contribution in [0.3, 0.4) is 0 Å². The Hall–Kier alpha value is -3.67. The van der Waals surface area contributed by atoms with E-state index in [9.17, 15) is 14.4 Å². The van der Waals surface area contributed by atoms with Crippen molar-refractivity contribution in [1.29, 1.82) is 0 Å². The number of ether oxygens (including phenoxy) is 3. The predicted octanol–water partition coefficient (Wildman–Crippen LogP) is 18.5. The zero-order valence-corrected chi connectivity index (χ0v) is 43.6. The Balaban J connectivity index is 4.38. The molecule has 0 heterocycles. The molecule has 6 nitrogen and oxygen atoms in total. The molecule has 0 saturated heterocycles. The molecule has 0 aromatic heterocycles. The van der Waals surface area contributed by atoms with Gasteiger partial charge in [0.2, 0.25) is 0 Å². The highest BCUT2D eigenvalue weighted by Gasteiger charge is 2.19. The fourth-order valence-corrected chi connectivity index (χ4v) is 7.42. The highest BCUT2D eigenvalue weighted by molar-refractivity contribution is 5.71. The van der Waals surface area contributed by atoms with Crippen molar-refractivity contribution in [3.05, 3.63) is 97.2 Å². The molecular formula is C61H102O6. The monoisotopic (exact) mass is 931 g/mol. The lowest BCUT2D eigenvalue weighted by Gasteiger charge is -2.18. The van der Waals surface area contributed by atoms with Crippen LogP contribution in [0.25, 0.3) is 0 Å². The van der Waals surface area contributed by atoms with Crippen molar-refractivity contribution in [2.45, 2.75) is 258 Å². The molecule has 0 radical (unpaired) electrons. The first kappa shape index (κ1) is 63.3. The maximum absolute atomic E-state index is 12.8. The lowest BCUT2D eigenvalue weighted by Crippen LogP contribution is -2.30. The van der Waals surface area contributed by atoms with Crippen LogP contribution in [0.4, 0.5) is 0 Å². The van der Waals surface area contributed by atoms with Crippen LogP contribution in [0.1, 0.15) is 252 Å². The fourth-order valence-electron chi connectivity index (χ4n) is 7.42. The number of carbonyl (C=O) groups is 3. The van der Waals surface area contributed by atoms with E-state index in [1.54, 1.807) is 0 Å². The quantitative estimate of drug-likeness (QED) is 0.0262. The Labute approximate surface area is 413 Å². The first-order valence-corrected chi connectivity index (χ1v) is 27.7. The van der Waals surface area contributed by atoms with Gasteiger partial charge in [-0.2, -0.15) is 0 Å². The summed E-state index contributed by atoms with van der Waals surface area (Å²) in [6.45, 7) is 6.46. The minimum atomic E-state index is -0.794. The summed E-state index contributed by atoms with van der Waals surface area (Å²) in [6, 6.07) is 0. The number of esters is 3. The van der Waals surface area contributed by atoms with Crippen LogP contribution in [0.2, 0.25) is 0 Å². The molecule has 0 rings (SSSR count). The van der Waals surface area contributed by atoms with E-state index >= 15 is 0 Å². The zero-order chi connectivity index (χ0) is 48.6. The first-order chi connectivity index (χ1) is 33.0. The highest BCUT2D eigenvalue weighted by Crippen LogP contribution is 2.14. The summed E-state index contributed by atoms with van der Waals surface area (Å²) in [5.74, 6) is -0.934. The standard InChI is InChI=1S/C61H102O6/c1-4-7-10-13-16-19-22-24-25-26-27-28-29-30-31-32-33-34-35-37-39-42-45-48-51-54-60(63)66-57-58(56-65-59(62)53-50-47-44-41-38-21-18-15-12-9-6-3)67-61(64)55-52-49-46-43-40-36-23-20-17-14-11-8-5-2/h7,10,16,19-20,23-25,27-28,30-31,33-34,37,39,58H,4-6,8-9,11-15,17-18,21-22,26,29,32,35-36,38,40-57H2,1-3H3/b10-7-,19-16-,23-20-,25-24-,28-27-,31-30-,34-33-,39-37-. The summed E-state index contributed by atoms with van der Waals surface area (Å²) < 4.78 is 16.8. The van der Waals surface area contributed by atoms with Gasteiger partial charge in [-0.15, -0.1) is 0 Å². The number of allylic oxidation sites excluding steroid dienone is 16. The summed E-state index contributed by atoms with van der Waals surface area (Å²) in [4.78, 5) is 38.0. The number of carbonyl (C=O) groups excluding carboxylic acids is 3. The molecule has 0 fully saturated rings. The summed E-state index contributed by atoms with van der Waals surface area (Å²) in [7, 11) is 0. The van der Waals surface area contributed by atoms with Crippen LogP contribution < -0.4 is 0 Å². The van der Waals surface area contributed by atoms with Gasteiger partial charge in [0, 0.05) is 19.3 Å². The first-order valence-electron chi connectivity index (χ1n) is 27.7. The number of hydrogen-bond donors (Lipinski definition) is 0. The summed E-state index contributed by atoms with van der Waals surface area (Å²) in [5.41, 5.74) is 0. The van der Waals surface area contributed by atoms with E-state index in [1.807, 2.05) is 0 Å². The molecule has 0 bridgehead atoms. The second kappa shape index (κ2) is 54.9. The third kappa shape index (κ3) is 53.2. The van der Waals surface area contributed by atoms with E-state index in [1.165, 1.54) is 89.9 Å². The molecule has 0 aromatic carbocycles. The molecule has 1 unspecified atom stereocenters. The minimum Gasteiger partial charge on any atom is -0.462 e. The summed E-state index contributed by atoms with van der Waals surface area (Å²) >= 11 is 0. The van der Waals surface area contributed by atoms with Crippen LogP contribution in [0.5, 0.6) is 0 Å². The molecule has 0 aromatic rings. The minimum absolute atomic E-state index is 0.0904. The van der Waals surface area contributed by atoms with Gasteiger partial charge >= 0.3 is 17.9 Å². The van der Waals surface area contributed by atoms with Crippen LogP contribution in [0, 0.1) is 0 Å². The van der Waals surface area contributed by atoms with Crippen molar-refractivity contribution >= 4 is 17.9 Å². The molecule has 0 amide bonds. The van der Waals surface area contributed by atoms with E-state index in [0.717, 1.165) is 122 Å². The van der Waals surface area contributed by atoms with Crippen molar-refractivity contribution in [2.75, 3.05) is 13.2 Å². The summed E-state index contributed by atoms with van der Waals surface area (Å²) in [6.07, 6.45) is 72.5. The molecule has 0 aliphatic carbocycles. The Morgan fingerprint density at radius 3 is 0.955 bits per heavy atom. The zero-order valence-electron chi connectivity index (χ0n) is 43.6. The maximum atomic E-state index is 12.8. The molecular weight excluding hydrogens is 829 g/mol. The third-order valence-electron chi connectivity index (χ3n) is 11.6. The van der Waals surface area contributed by atoms with Gasteiger partial charge in [-0.05, 0) is 103 Å². The van der Waals surface area contributed by atoms with Gasteiger partial charge in [-0.25, -0.2) is 0 Å². The van der Waals surface area contributed by atoms with Crippen molar-refractivity contribution in [2.24, 2.45) is 0 Å². The van der Waals surface area contributed by atoms with Crippen molar-refractivity contribution in [1.82, 2.24) is 0 Å². The molecule has 6 heteroatoms. The second-order valence-electron chi connectivity index (χ2n) is 18.1. The smallest absolute Gasteiger partial charge is 0.306 e. The molecule has 382 valence electrons. The van der Waals surface area contributed by atoms with Crippen molar-refractivity contribution in [3.8, 4) is 0 Å². The molecule has 0 aliphatic rings. The molecule has 0 aliphatic heterocycles. The Morgan fingerprint density at radius 2 is 0.582 bits per heavy atom. The second-order valence-corrected chi connectivity index (χ2v) is 18.1. The molecule has 0 saturated carbocycles. The van der Waals surface area contributed by atoms with Gasteiger partial charge < -0.3 is 14.2 Å². The maximum Gasteiger partial charge on any atom is 0.306 e. The van der Waals surface area contributed by atoms with Gasteiger partial charge in [0.15, 0.2) is 6.10 Å². The van der Waals surface area contributed by atoms with Gasteiger partial charge in [-0.1, -0.05) is 227 Å². The van der Waals surface area contributed by atoms with Crippen LogP contribution in [-0.2, 0) is 28.6 Å². The van der Waals surface area contributed by atoms with Gasteiger partial charge in [0.05, 0.1) is 0 Å². The van der Waals surface area contributed by atoms with Crippen molar-refractivity contribution < 1.29 is 28.6 Å². The van der Waals surface area contributed by atoms with E-state index in [4.69, 9.17) is 14.2 Å². The highest BCUT2D eigenvalue weighted by atomic mass is 16.6. The third-order valence-corrected chi connectivity index (χ3v) is 11.6. The lowest BCUT2D eigenvalue weighted by atomic mass is 10.1. The average Bonchev–Trinajstić information content (AvgIpc) is 3.33. The normalized spacial score (nSPS) is 12.8. The SMILES string of the molecule is CC/C=C\C/C=C\C/C=C\C/C=C\C/C=C\C/C=C\C/C=C\CCCCCC(=O)OCC(COC(=O)CCCCCCCCCCCCC)OC(=O)CCCCCCC/C=C\CCCCCC. The van der Waals surface area contributed by atoms with Gasteiger partial charge in [-0.3, -0.25) is 14.4 Å². The van der Waals surface area contributed by atoms with Gasteiger partial charge in [0.25, 0.3) is 0 Å². The van der Waals surface area contributed by atoms with Crippen LogP contribution in [0.15, 0.2) is 97.2 Å². The van der Waals surface area contributed by atoms with Crippen LogP contribution in [-0.4, -0.2) is 37.2 Å². The molecule has 0 N–H and O–H groups in total. The average molecular weight is 931 g/mol. The van der Waals surface area contributed by atoms with Gasteiger partial charge in [0.1, 0.15) is 13.2 Å². The van der Waals surface area contributed by atoms with Crippen LogP contribution >= 0.6 is 0 Å². The number of rotatable bonds is 49. The Kier molecular flexibility index (Phi) is 51.9. The Morgan fingerprint density at radius 1 is 0.313 bits per heavy atom. The van der Waals surface area contributed by atoms with E-state index in [2.05, 4.69) is 118 Å². The topological polar surface area (TPSA) is 78.9 Å². The van der Waals surface area contributed by atoms with E-state index in [-0.39, 0.29) is 31.1 Å². The molecule has 1 atom stereocenters. The molecule has 0 spiro atoms. The van der Waals surface area contributed by atoms with E-state index in [0.29, 0.717) is 19.3 Å². The summed E-state index contributed by atoms with van der Waals surface area (Å²) in [5, 5.41) is 0. The van der Waals surface area contributed by atoms with Crippen molar-refractivity contribution in [3.63, 3.8) is 0 Å². The predicted molar refractivity (Wildman–Crippen MR) is 288 cm³/mol. The molecule has 67 heavy (non-hydrogen) atoms. The largest absolute Gasteiger partial charge is 0.462 e. The lowest BCUT2D eigenvalue weighted by molar-refractivity contribution is -0.167. The Bertz CT molecular complexity index is 1350. The number of unbranched alkanes of at least 4 members (excludes halogenated alkanes) is 22. The fraction of sp³-hybridized carbons (Fsp3) is 0.689.